The largest absolute Gasteiger partial charge is 0.396 e. The molecular weight excluding hydrogens is 226 g/mol. The molecule has 1 aliphatic heterocycles. The standard InChI is InChI=1S/C11H16ClN3O/c12-10-2-1-9(13)11(15-10)14-5-3-8-4-6-16-7-8/h1-2,8H,3-7,13H2,(H,14,15). The Balaban J connectivity index is 1.82. The maximum Gasteiger partial charge on any atom is 0.150 e. The van der Waals surface area contributed by atoms with Crippen LogP contribution in [0.3, 0.4) is 0 Å². The zero-order valence-corrected chi connectivity index (χ0v) is 9.83. The van der Waals surface area contributed by atoms with E-state index in [9.17, 15) is 0 Å². The van der Waals surface area contributed by atoms with Gasteiger partial charge < -0.3 is 15.8 Å². The van der Waals surface area contributed by atoms with Crippen LogP contribution in [0.2, 0.25) is 5.15 Å². The Labute approximate surface area is 100 Å². The number of nitrogens with zero attached hydrogens (tertiary/aromatic N) is 1. The van der Waals surface area contributed by atoms with Gasteiger partial charge in [0, 0.05) is 19.8 Å². The van der Waals surface area contributed by atoms with Crippen LogP contribution in [-0.2, 0) is 4.74 Å². The summed E-state index contributed by atoms with van der Waals surface area (Å²) in [6.07, 6.45) is 2.23. The van der Waals surface area contributed by atoms with Gasteiger partial charge in [-0.2, -0.15) is 0 Å². The first-order chi connectivity index (χ1) is 7.75. The van der Waals surface area contributed by atoms with Crippen LogP contribution in [0.1, 0.15) is 12.8 Å². The molecule has 0 amide bonds. The summed E-state index contributed by atoms with van der Waals surface area (Å²) >= 11 is 5.80. The van der Waals surface area contributed by atoms with Crippen LogP contribution in [0.25, 0.3) is 0 Å². The fourth-order valence-electron chi connectivity index (χ4n) is 1.79. The van der Waals surface area contributed by atoms with Gasteiger partial charge in [-0.25, -0.2) is 4.98 Å². The Morgan fingerprint density at radius 1 is 1.56 bits per heavy atom. The highest BCUT2D eigenvalue weighted by atomic mass is 35.5. The molecule has 0 aromatic carbocycles. The molecule has 1 aromatic heterocycles. The van der Waals surface area contributed by atoms with Gasteiger partial charge in [-0.3, -0.25) is 0 Å². The van der Waals surface area contributed by atoms with Gasteiger partial charge in [0.1, 0.15) is 5.15 Å². The molecular formula is C11H16ClN3O. The molecule has 0 radical (unpaired) electrons. The lowest BCUT2D eigenvalue weighted by molar-refractivity contribution is 0.185. The monoisotopic (exact) mass is 241 g/mol. The molecule has 0 saturated carbocycles. The quantitative estimate of drug-likeness (QED) is 0.793. The van der Waals surface area contributed by atoms with Gasteiger partial charge in [-0.15, -0.1) is 0 Å². The van der Waals surface area contributed by atoms with Crippen molar-refractivity contribution >= 4 is 23.1 Å². The van der Waals surface area contributed by atoms with Gasteiger partial charge in [0.25, 0.3) is 0 Å². The number of nitrogen functional groups attached to an aromatic ring is 1. The lowest BCUT2D eigenvalue weighted by Gasteiger charge is -2.10. The lowest BCUT2D eigenvalue weighted by atomic mass is 10.1. The summed E-state index contributed by atoms with van der Waals surface area (Å²) in [6.45, 7) is 2.62. The second kappa shape index (κ2) is 5.37. The van der Waals surface area contributed by atoms with Gasteiger partial charge in [0.2, 0.25) is 0 Å². The van der Waals surface area contributed by atoms with Gasteiger partial charge in [-0.05, 0) is 30.9 Å². The van der Waals surface area contributed by atoms with Crippen molar-refractivity contribution in [2.45, 2.75) is 12.8 Å². The van der Waals surface area contributed by atoms with Gasteiger partial charge in [0.05, 0.1) is 5.69 Å². The van der Waals surface area contributed by atoms with Crippen LogP contribution in [0.15, 0.2) is 12.1 Å². The van der Waals surface area contributed by atoms with E-state index in [1.54, 1.807) is 12.1 Å². The topological polar surface area (TPSA) is 60.2 Å². The number of hydrogen-bond donors (Lipinski definition) is 2. The number of nitrogens with two attached hydrogens (primary N) is 1. The molecule has 0 spiro atoms. The summed E-state index contributed by atoms with van der Waals surface area (Å²) < 4.78 is 5.31. The zero-order valence-electron chi connectivity index (χ0n) is 9.08. The molecule has 88 valence electrons. The predicted molar refractivity (Wildman–Crippen MR) is 65.7 cm³/mol. The van der Waals surface area contributed by atoms with E-state index < -0.39 is 0 Å². The molecule has 1 fully saturated rings. The van der Waals surface area contributed by atoms with E-state index in [4.69, 9.17) is 22.1 Å². The lowest BCUT2D eigenvalue weighted by Crippen LogP contribution is -2.11. The highest BCUT2D eigenvalue weighted by Crippen LogP contribution is 2.20. The van der Waals surface area contributed by atoms with Crippen molar-refractivity contribution in [2.24, 2.45) is 5.92 Å². The Morgan fingerprint density at radius 3 is 3.19 bits per heavy atom. The summed E-state index contributed by atoms with van der Waals surface area (Å²) in [6, 6.07) is 3.45. The zero-order chi connectivity index (χ0) is 11.4. The Morgan fingerprint density at radius 2 is 2.44 bits per heavy atom. The number of pyridine rings is 1. The number of rotatable bonds is 4. The number of nitrogens with one attached hydrogen (secondary N) is 1. The van der Waals surface area contributed by atoms with Crippen molar-refractivity contribution in [1.82, 2.24) is 4.98 Å². The molecule has 5 heteroatoms. The minimum absolute atomic E-state index is 0.459. The van der Waals surface area contributed by atoms with Crippen molar-refractivity contribution in [3.05, 3.63) is 17.3 Å². The van der Waals surface area contributed by atoms with Crippen molar-refractivity contribution < 1.29 is 4.74 Å². The molecule has 0 bridgehead atoms. The van der Waals surface area contributed by atoms with Crippen LogP contribution in [-0.4, -0.2) is 24.7 Å². The SMILES string of the molecule is Nc1ccc(Cl)nc1NCCC1CCOC1. The third-order valence-corrected chi connectivity index (χ3v) is 2.97. The second-order valence-corrected chi connectivity index (χ2v) is 4.40. The number of halogens is 1. The molecule has 16 heavy (non-hydrogen) atoms. The van der Waals surface area contributed by atoms with Crippen LogP contribution in [0, 0.1) is 5.92 Å². The van der Waals surface area contributed by atoms with Crippen molar-refractivity contribution in [1.29, 1.82) is 0 Å². The Hall–Kier alpha value is -1.00. The Kier molecular flexibility index (Phi) is 3.85. The summed E-state index contributed by atoms with van der Waals surface area (Å²) in [5.74, 6) is 1.33. The first kappa shape index (κ1) is 11.5. The molecule has 1 aromatic rings. The molecule has 1 saturated heterocycles. The van der Waals surface area contributed by atoms with E-state index in [0.717, 1.165) is 32.6 Å². The average Bonchev–Trinajstić information content (AvgIpc) is 2.76. The third kappa shape index (κ3) is 3.00. The van der Waals surface area contributed by atoms with E-state index in [0.29, 0.717) is 22.6 Å². The molecule has 3 N–H and O–H groups in total. The van der Waals surface area contributed by atoms with Gasteiger partial charge in [-0.1, -0.05) is 11.6 Å². The van der Waals surface area contributed by atoms with E-state index in [1.807, 2.05) is 0 Å². The fourth-order valence-corrected chi connectivity index (χ4v) is 1.94. The molecule has 2 heterocycles. The minimum atomic E-state index is 0.459. The molecule has 0 aliphatic carbocycles. The smallest absolute Gasteiger partial charge is 0.150 e. The average molecular weight is 242 g/mol. The molecule has 1 aliphatic rings. The van der Waals surface area contributed by atoms with Crippen molar-refractivity contribution in [2.75, 3.05) is 30.8 Å². The van der Waals surface area contributed by atoms with E-state index in [1.165, 1.54) is 0 Å². The van der Waals surface area contributed by atoms with Crippen LogP contribution >= 0.6 is 11.6 Å². The summed E-state index contributed by atoms with van der Waals surface area (Å²) in [7, 11) is 0. The van der Waals surface area contributed by atoms with Gasteiger partial charge in [0.15, 0.2) is 5.82 Å². The number of hydrogen-bond acceptors (Lipinski definition) is 4. The molecule has 1 unspecified atom stereocenters. The Bertz CT molecular complexity index is 353. The van der Waals surface area contributed by atoms with E-state index in [2.05, 4.69) is 10.3 Å². The number of aromatic nitrogens is 1. The van der Waals surface area contributed by atoms with Crippen LogP contribution in [0.4, 0.5) is 11.5 Å². The van der Waals surface area contributed by atoms with Crippen LogP contribution in [0.5, 0.6) is 0 Å². The third-order valence-electron chi connectivity index (χ3n) is 2.76. The number of ether oxygens (including phenoxy) is 1. The highest BCUT2D eigenvalue weighted by Gasteiger charge is 2.14. The maximum absolute atomic E-state index is 5.80. The minimum Gasteiger partial charge on any atom is -0.396 e. The second-order valence-electron chi connectivity index (χ2n) is 4.02. The summed E-state index contributed by atoms with van der Waals surface area (Å²) in [4.78, 5) is 4.13. The van der Waals surface area contributed by atoms with Gasteiger partial charge >= 0.3 is 0 Å². The first-order valence-corrected chi connectivity index (χ1v) is 5.87. The van der Waals surface area contributed by atoms with E-state index >= 15 is 0 Å². The van der Waals surface area contributed by atoms with Crippen molar-refractivity contribution in [3.8, 4) is 0 Å². The maximum atomic E-state index is 5.80. The van der Waals surface area contributed by atoms with Crippen LogP contribution < -0.4 is 11.1 Å². The molecule has 4 nitrogen and oxygen atoms in total. The molecule has 2 rings (SSSR count). The van der Waals surface area contributed by atoms with E-state index in [-0.39, 0.29) is 0 Å². The first-order valence-electron chi connectivity index (χ1n) is 5.49. The van der Waals surface area contributed by atoms with Crippen molar-refractivity contribution in [3.63, 3.8) is 0 Å². The fraction of sp³-hybridized carbons (Fsp3) is 0.545. The predicted octanol–water partition coefficient (Wildman–Crippen LogP) is 2.16. The highest BCUT2D eigenvalue weighted by molar-refractivity contribution is 6.29. The summed E-state index contributed by atoms with van der Waals surface area (Å²) in [5, 5.41) is 3.66. The summed E-state index contributed by atoms with van der Waals surface area (Å²) in [5.41, 5.74) is 6.41. The normalized spacial score (nSPS) is 19.9. The number of anilines is 2. The molecule has 1 atom stereocenters.